The summed E-state index contributed by atoms with van der Waals surface area (Å²) in [5, 5.41) is 9.42. The fraction of sp³-hybridized carbons (Fsp3) is 0.667. The van der Waals surface area contributed by atoms with E-state index in [0.717, 1.165) is 24.7 Å². The molecule has 0 heterocycles. The normalized spacial score (nSPS) is 39.1. The second-order valence-electron chi connectivity index (χ2n) is 4.56. The van der Waals surface area contributed by atoms with Crippen LogP contribution in [0.2, 0.25) is 0 Å². The number of aliphatic hydroxyl groups is 1. The molecule has 72 valence electrons. The Morgan fingerprint density at radius 2 is 2.15 bits per heavy atom. The van der Waals surface area contributed by atoms with Crippen LogP contribution in [0, 0.1) is 17.8 Å². The fourth-order valence-electron chi connectivity index (χ4n) is 2.55. The summed E-state index contributed by atoms with van der Waals surface area (Å²) in [5.74, 6) is 2.87. The van der Waals surface area contributed by atoms with E-state index in [1.807, 2.05) is 6.08 Å². The van der Waals surface area contributed by atoms with Gasteiger partial charge in [0.1, 0.15) is 0 Å². The molecule has 0 saturated carbocycles. The average molecular weight is 178 g/mol. The van der Waals surface area contributed by atoms with Crippen LogP contribution in [-0.2, 0) is 0 Å². The maximum atomic E-state index is 9.42. The first kappa shape index (κ1) is 8.86. The van der Waals surface area contributed by atoms with Gasteiger partial charge in [0.25, 0.3) is 0 Å². The Balaban J connectivity index is 2.26. The van der Waals surface area contributed by atoms with Gasteiger partial charge in [-0.25, -0.2) is 0 Å². The monoisotopic (exact) mass is 178 g/mol. The van der Waals surface area contributed by atoms with Crippen molar-refractivity contribution in [3.05, 3.63) is 23.5 Å². The number of hydrogen-bond acceptors (Lipinski definition) is 1. The number of hydrogen-bond donors (Lipinski definition) is 1. The highest BCUT2D eigenvalue weighted by Gasteiger charge is 2.30. The van der Waals surface area contributed by atoms with Crippen LogP contribution in [0.5, 0.6) is 0 Å². The molecule has 1 N–H and O–H groups in total. The molecule has 1 heteroatoms. The topological polar surface area (TPSA) is 20.2 Å². The second-order valence-corrected chi connectivity index (χ2v) is 4.56. The van der Waals surface area contributed by atoms with E-state index >= 15 is 0 Å². The fourth-order valence-corrected chi connectivity index (χ4v) is 2.55. The lowest BCUT2D eigenvalue weighted by molar-refractivity contribution is 0.246. The molecule has 0 aromatic rings. The maximum absolute atomic E-state index is 9.42. The van der Waals surface area contributed by atoms with Crippen LogP contribution in [0.1, 0.15) is 33.1 Å². The van der Waals surface area contributed by atoms with Gasteiger partial charge in [-0.3, -0.25) is 0 Å². The van der Waals surface area contributed by atoms with Crippen molar-refractivity contribution in [1.82, 2.24) is 0 Å². The van der Waals surface area contributed by atoms with Gasteiger partial charge in [-0.05, 0) is 42.2 Å². The van der Waals surface area contributed by atoms with Crippen LogP contribution in [0.15, 0.2) is 23.5 Å². The van der Waals surface area contributed by atoms with Crippen molar-refractivity contribution in [3.8, 4) is 0 Å². The Kier molecular flexibility index (Phi) is 2.19. The highest BCUT2D eigenvalue weighted by Crippen LogP contribution is 2.41. The SMILES string of the molecule is CC1CC=C2C=C(O)CCC2C1C. The summed E-state index contributed by atoms with van der Waals surface area (Å²) in [6.45, 7) is 4.68. The number of aliphatic hydroxyl groups excluding tert-OH is 1. The van der Waals surface area contributed by atoms with E-state index in [4.69, 9.17) is 0 Å². The van der Waals surface area contributed by atoms with Gasteiger partial charge in [0.15, 0.2) is 0 Å². The molecular formula is C12H18O. The molecule has 3 atom stereocenters. The molecule has 0 fully saturated rings. The molecule has 13 heavy (non-hydrogen) atoms. The lowest BCUT2D eigenvalue weighted by Crippen LogP contribution is -2.26. The minimum absolute atomic E-state index is 0.573. The number of fused-ring (bicyclic) bond motifs is 1. The van der Waals surface area contributed by atoms with E-state index in [9.17, 15) is 5.11 Å². The van der Waals surface area contributed by atoms with E-state index in [-0.39, 0.29) is 0 Å². The van der Waals surface area contributed by atoms with Crippen LogP contribution in [0.4, 0.5) is 0 Å². The Hall–Kier alpha value is -0.720. The molecule has 2 aliphatic carbocycles. The maximum Gasteiger partial charge on any atom is 0.0925 e. The molecule has 2 rings (SSSR count). The van der Waals surface area contributed by atoms with E-state index in [1.165, 1.54) is 12.0 Å². The van der Waals surface area contributed by atoms with Gasteiger partial charge in [0.2, 0.25) is 0 Å². The van der Waals surface area contributed by atoms with Crippen molar-refractivity contribution >= 4 is 0 Å². The third-order valence-electron chi connectivity index (χ3n) is 3.73. The lowest BCUT2D eigenvalue weighted by Gasteiger charge is -2.36. The first-order chi connectivity index (χ1) is 6.18. The molecule has 2 aliphatic rings. The van der Waals surface area contributed by atoms with Gasteiger partial charge in [0.05, 0.1) is 5.76 Å². The molecule has 0 saturated heterocycles. The standard InChI is InChI=1S/C12H18O/c1-8-3-4-10-7-11(13)5-6-12(10)9(8)2/h4,7-9,12-13H,3,5-6H2,1-2H3. The lowest BCUT2D eigenvalue weighted by atomic mass is 9.70. The van der Waals surface area contributed by atoms with Gasteiger partial charge in [0, 0.05) is 6.42 Å². The second kappa shape index (κ2) is 3.21. The zero-order valence-electron chi connectivity index (χ0n) is 8.46. The Labute approximate surface area is 80.2 Å². The quantitative estimate of drug-likeness (QED) is 0.602. The Bertz CT molecular complexity index is 262. The first-order valence-corrected chi connectivity index (χ1v) is 5.28. The number of allylic oxidation sites excluding steroid dienone is 4. The van der Waals surface area contributed by atoms with Crippen LogP contribution in [0.3, 0.4) is 0 Å². The van der Waals surface area contributed by atoms with Gasteiger partial charge in [-0.2, -0.15) is 0 Å². The van der Waals surface area contributed by atoms with Crippen molar-refractivity contribution in [2.75, 3.05) is 0 Å². The molecule has 1 nitrogen and oxygen atoms in total. The van der Waals surface area contributed by atoms with Crippen LogP contribution < -0.4 is 0 Å². The summed E-state index contributed by atoms with van der Waals surface area (Å²) < 4.78 is 0. The Morgan fingerprint density at radius 3 is 2.92 bits per heavy atom. The Morgan fingerprint density at radius 1 is 1.38 bits per heavy atom. The number of rotatable bonds is 0. The van der Waals surface area contributed by atoms with Gasteiger partial charge in [-0.15, -0.1) is 0 Å². The molecule has 0 radical (unpaired) electrons. The van der Waals surface area contributed by atoms with Crippen molar-refractivity contribution in [3.63, 3.8) is 0 Å². The minimum Gasteiger partial charge on any atom is -0.512 e. The molecule has 0 bridgehead atoms. The van der Waals surface area contributed by atoms with E-state index < -0.39 is 0 Å². The summed E-state index contributed by atoms with van der Waals surface area (Å²) >= 11 is 0. The van der Waals surface area contributed by atoms with E-state index in [1.54, 1.807) is 0 Å². The van der Waals surface area contributed by atoms with Crippen LogP contribution in [-0.4, -0.2) is 5.11 Å². The van der Waals surface area contributed by atoms with Crippen molar-refractivity contribution in [2.24, 2.45) is 17.8 Å². The van der Waals surface area contributed by atoms with E-state index in [2.05, 4.69) is 19.9 Å². The highest BCUT2D eigenvalue weighted by atomic mass is 16.3. The average Bonchev–Trinajstić information content (AvgIpc) is 2.12. The zero-order valence-corrected chi connectivity index (χ0v) is 8.46. The molecule has 0 amide bonds. The molecule has 0 aromatic heterocycles. The summed E-state index contributed by atoms with van der Waals surface area (Å²) in [4.78, 5) is 0. The van der Waals surface area contributed by atoms with Gasteiger partial charge >= 0.3 is 0 Å². The van der Waals surface area contributed by atoms with Crippen molar-refractivity contribution in [1.29, 1.82) is 0 Å². The molecule has 0 aromatic carbocycles. The van der Waals surface area contributed by atoms with Crippen LogP contribution in [0.25, 0.3) is 0 Å². The smallest absolute Gasteiger partial charge is 0.0925 e. The molecule has 3 unspecified atom stereocenters. The predicted octanol–water partition coefficient (Wildman–Crippen LogP) is 3.44. The summed E-state index contributed by atoms with van der Waals surface area (Å²) in [6, 6.07) is 0. The largest absolute Gasteiger partial charge is 0.512 e. The summed E-state index contributed by atoms with van der Waals surface area (Å²) in [5.41, 5.74) is 1.38. The first-order valence-electron chi connectivity index (χ1n) is 5.28. The van der Waals surface area contributed by atoms with Crippen LogP contribution >= 0.6 is 0 Å². The highest BCUT2D eigenvalue weighted by molar-refractivity contribution is 5.29. The minimum atomic E-state index is 0.573. The van der Waals surface area contributed by atoms with Crippen molar-refractivity contribution < 1.29 is 5.11 Å². The third-order valence-corrected chi connectivity index (χ3v) is 3.73. The third kappa shape index (κ3) is 1.52. The molecule has 0 aliphatic heterocycles. The summed E-state index contributed by atoms with van der Waals surface area (Å²) in [6.07, 6.45) is 7.48. The predicted molar refractivity (Wildman–Crippen MR) is 54.5 cm³/mol. The van der Waals surface area contributed by atoms with E-state index in [0.29, 0.717) is 11.7 Å². The van der Waals surface area contributed by atoms with Gasteiger partial charge in [-0.1, -0.05) is 19.9 Å². The molecule has 0 spiro atoms. The van der Waals surface area contributed by atoms with Gasteiger partial charge < -0.3 is 5.11 Å². The summed E-state index contributed by atoms with van der Waals surface area (Å²) in [7, 11) is 0. The molecular weight excluding hydrogens is 160 g/mol. The zero-order chi connectivity index (χ0) is 9.42. The van der Waals surface area contributed by atoms with Crippen molar-refractivity contribution in [2.45, 2.75) is 33.1 Å².